The van der Waals surface area contributed by atoms with Crippen molar-refractivity contribution in [1.82, 2.24) is 9.91 Å². The number of rotatable bonds is 4. The second kappa shape index (κ2) is 10.4. The van der Waals surface area contributed by atoms with Crippen LogP contribution in [0.2, 0.25) is 0 Å². The van der Waals surface area contributed by atoms with E-state index in [-0.39, 0.29) is 18.6 Å². The summed E-state index contributed by atoms with van der Waals surface area (Å²) >= 11 is 0. The molecule has 4 aliphatic rings. The van der Waals surface area contributed by atoms with Gasteiger partial charge in [0.05, 0.1) is 28.9 Å². The third-order valence-corrected chi connectivity index (χ3v) is 10.5. The van der Waals surface area contributed by atoms with Crippen LogP contribution >= 0.6 is 0 Å². The summed E-state index contributed by atoms with van der Waals surface area (Å²) in [6.07, 6.45) is 2.20. The number of aryl methyl sites for hydroxylation is 3. The van der Waals surface area contributed by atoms with Crippen LogP contribution in [0.3, 0.4) is 0 Å². The van der Waals surface area contributed by atoms with Crippen molar-refractivity contribution in [1.29, 1.82) is 0 Å². The number of hydrazine groups is 1. The molecule has 4 N–H and O–H groups in total. The van der Waals surface area contributed by atoms with E-state index in [0.29, 0.717) is 32.8 Å². The van der Waals surface area contributed by atoms with E-state index >= 15 is 4.79 Å². The highest BCUT2D eigenvalue weighted by Crippen LogP contribution is 2.64. The Bertz CT molecular complexity index is 1850. The largest absolute Gasteiger partial charge is 0.507 e. The fraction of sp³-hybridized carbons (Fsp3) is 0.306. The fourth-order valence-corrected chi connectivity index (χ4v) is 8.50. The summed E-state index contributed by atoms with van der Waals surface area (Å²) in [5.74, 6) is -6.03. The zero-order valence-electron chi connectivity index (χ0n) is 25.7. The smallest absolute Gasteiger partial charge is 0.328 e. The number of nitrogens with two attached hydrogens (primary N) is 1. The van der Waals surface area contributed by atoms with Crippen LogP contribution < -0.4 is 11.2 Å². The molecule has 0 spiro atoms. The quantitative estimate of drug-likeness (QED) is 0.290. The number of nitrogens with zero attached hydrogens (tertiary/aromatic N) is 2. The number of nitrogens with one attached hydrogen (secondary N) is 1. The molecule has 234 valence electrons. The van der Waals surface area contributed by atoms with Crippen LogP contribution in [0.25, 0.3) is 0 Å². The number of phenols is 1. The Morgan fingerprint density at radius 1 is 0.891 bits per heavy atom. The SMILES string of the molecule is Cc1ccc(NN2C(=O)[C@@H]3C[C@@H]4C(=CC[C@@H]5C(=O)N(C(N)=O)C(=O)[C@@H]54)[C@H](c4cc(C)c(O)c(C)c4)[C@]3(c3ccccc3)C2=O)cc1. The Labute approximate surface area is 265 Å². The maximum atomic E-state index is 15.1. The van der Waals surface area contributed by atoms with Crippen molar-refractivity contribution in [3.8, 4) is 5.75 Å². The average Bonchev–Trinajstić information content (AvgIpc) is 3.42. The van der Waals surface area contributed by atoms with Crippen molar-refractivity contribution in [2.45, 2.75) is 44.9 Å². The predicted octanol–water partition coefficient (Wildman–Crippen LogP) is 4.38. The van der Waals surface area contributed by atoms with E-state index in [4.69, 9.17) is 5.73 Å². The second-order valence-electron chi connectivity index (χ2n) is 12.9. The number of amides is 6. The molecule has 0 aromatic heterocycles. The monoisotopic (exact) mass is 618 g/mol. The molecule has 10 heteroatoms. The molecule has 1 saturated carbocycles. The van der Waals surface area contributed by atoms with E-state index in [1.807, 2.05) is 67.6 Å². The van der Waals surface area contributed by atoms with Crippen LogP contribution in [-0.2, 0) is 24.6 Å². The number of allylic oxidation sites excluding steroid dienone is 2. The van der Waals surface area contributed by atoms with E-state index in [9.17, 15) is 24.3 Å². The van der Waals surface area contributed by atoms with Gasteiger partial charge in [-0.3, -0.25) is 24.6 Å². The highest BCUT2D eigenvalue weighted by Gasteiger charge is 2.70. The first-order valence-electron chi connectivity index (χ1n) is 15.4. The van der Waals surface area contributed by atoms with Crippen LogP contribution in [0.4, 0.5) is 10.5 Å². The molecule has 0 unspecified atom stereocenters. The van der Waals surface area contributed by atoms with Crippen molar-refractivity contribution in [3.63, 3.8) is 0 Å². The van der Waals surface area contributed by atoms with Gasteiger partial charge in [-0.1, -0.05) is 71.8 Å². The summed E-state index contributed by atoms with van der Waals surface area (Å²) in [6.45, 7) is 5.50. The average molecular weight is 619 g/mol. The zero-order valence-corrected chi connectivity index (χ0v) is 25.7. The second-order valence-corrected chi connectivity index (χ2v) is 12.9. The number of anilines is 1. The van der Waals surface area contributed by atoms with Gasteiger partial charge in [0.1, 0.15) is 5.75 Å². The van der Waals surface area contributed by atoms with Gasteiger partial charge in [-0.25, -0.2) is 4.79 Å². The first kappa shape index (κ1) is 29.5. The van der Waals surface area contributed by atoms with Crippen LogP contribution in [0.15, 0.2) is 78.4 Å². The summed E-state index contributed by atoms with van der Waals surface area (Å²) < 4.78 is 0. The molecule has 2 saturated heterocycles. The summed E-state index contributed by atoms with van der Waals surface area (Å²) in [7, 11) is 0. The lowest BCUT2D eigenvalue weighted by molar-refractivity contribution is -0.139. The van der Waals surface area contributed by atoms with Crippen LogP contribution in [-0.4, -0.2) is 44.7 Å². The molecular weight excluding hydrogens is 584 g/mol. The van der Waals surface area contributed by atoms with Crippen molar-refractivity contribution in [2.24, 2.45) is 29.4 Å². The van der Waals surface area contributed by atoms with Crippen molar-refractivity contribution in [2.75, 3.05) is 5.43 Å². The maximum absolute atomic E-state index is 15.1. The van der Waals surface area contributed by atoms with Crippen molar-refractivity contribution >= 4 is 35.3 Å². The standard InChI is InChI=1S/C36H34N4O6/c1-18-9-11-23(12-10-18)38-40-32(43)27-17-26-24(13-14-25-28(26)33(44)39(31(25)42)35(37)46)29(21-15-19(2)30(41)20(3)16-21)36(27,34(40)45)22-7-5-4-6-8-22/h4-13,15-16,25-29,38,41H,14,17H2,1-3H3,(H2,37,46)/t25-,26+,27-,28-,29-,36+/m0/s1. The summed E-state index contributed by atoms with van der Waals surface area (Å²) in [5, 5.41) is 11.8. The minimum Gasteiger partial charge on any atom is -0.507 e. The molecule has 0 bridgehead atoms. The third kappa shape index (κ3) is 3.98. The highest BCUT2D eigenvalue weighted by atomic mass is 16.3. The number of benzene rings is 3. The van der Waals surface area contributed by atoms with E-state index in [0.717, 1.165) is 16.1 Å². The van der Waals surface area contributed by atoms with Crippen LogP contribution in [0.5, 0.6) is 5.75 Å². The third-order valence-electron chi connectivity index (χ3n) is 10.5. The molecule has 46 heavy (non-hydrogen) atoms. The van der Waals surface area contributed by atoms with Crippen LogP contribution in [0, 0.1) is 44.4 Å². The summed E-state index contributed by atoms with van der Waals surface area (Å²) in [6, 6.07) is 19.1. The molecule has 3 fully saturated rings. The van der Waals surface area contributed by atoms with Crippen LogP contribution in [0.1, 0.15) is 46.6 Å². The minimum atomic E-state index is -1.42. The Kier molecular flexibility index (Phi) is 6.66. The van der Waals surface area contributed by atoms with Crippen molar-refractivity contribution < 1.29 is 29.1 Å². The Morgan fingerprint density at radius 2 is 1.54 bits per heavy atom. The van der Waals surface area contributed by atoms with Gasteiger partial charge in [0, 0.05) is 5.92 Å². The molecule has 3 aromatic rings. The Morgan fingerprint density at radius 3 is 2.17 bits per heavy atom. The first-order chi connectivity index (χ1) is 22.0. The molecule has 3 aromatic carbocycles. The molecule has 7 rings (SSSR count). The van der Waals surface area contributed by atoms with Crippen molar-refractivity contribution in [3.05, 3.63) is 106 Å². The number of urea groups is 1. The number of phenolic OH excluding ortho intramolecular Hbond substituents is 1. The lowest BCUT2D eigenvalue weighted by atomic mass is 9.49. The number of imide groups is 4. The van der Waals surface area contributed by atoms with Gasteiger partial charge in [0.25, 0.3) is 11.8 Å². The molecule has 0 radical (unpaired) electrons. The molecule has 10 nitrogen and oxygen atoms in total. The molecule has 2 aliphatic carbocycles. The molecule has 2 aliphatic heterocycles. The topological polar surface area (TPSA) is 150 Å². The lowest BCUT2D eigenvalue weighted by Gasteiger charge is -2.50. The van der Waals surface area contributed by atoms with Gasteiger partial charge in [0.15, 0.2) is 0 Å². The molecule has 2 heterocycles. The predicted molar refractivity (Wildman–Crippen MR) is 168 cm³/mol. The van der Waals surface area contributed by atoms with Gasteiger partial charge < -0.3 is 10.8 Å². The normalized spacial score (nSPS) is 28.5. The fourth-order valence-electron chi connectivity index (χ4n) is 8.50. The molecular formula is C36H34N4O6. The number of fused-ring (bicyclic) bond motifs is 4. The van der Waals surface area contributed by atoms with Gasteiger partial charge in [-0.05, 0) is 73.9 Å². The van der Waals surface area contributed by atoms with E-state index in [1.165, 1.54) is 0 Å². The summed E-state index contributed by atoms with van der Waals surface area (Å²) in [5.41, 5.74) is 12.0. The highest BCUT2D eigenvalue weighted by molar-refractivity contribution is 6.17. The molecule has 6 atom stereocenters. The summed E-state index contributed by atoms with van der Waals surface area (Å²) in [4.78, 5) is 69.4. The molecule has 6 amide bonds. The maximum Gasteiger partial charge on any atom is 0.328 e. The Hall–Kier alpha value is -5.25. The van der Waals surface area contributed by atoms with Gasteiger partial charge in [0.2, 0.25) is 11.8 Å². The first-order valence-corrected chi connectivity index (χ1v) is 15.4. The van der Waals surface area contributed by atoms with E-state index < -0.39 is 64.7 Å². The number of likely N-dealkylation sites (tertiary alicyclic amines) is 1. The number of carbonyl (C=O) groups excluding carboxylic acids is 5. The number of hydrogen-bond donors (Lipinski definition) is 3. The van der Waals surface area contributed by atoms with Gasteiger partial charge in [-0.2, -0.15) is 9.91 Å². The lowest BCUT2D eigenvalue weighted by Crippen LogP contribution is -2.53. The number of carbonyl (C=O) groups is 5. The van der Waals surface area contributed by atoms with Gasteiger partial charge in [-0.15, -0.1) is 0 Å². The number of aromatic hydroxyl groups is 1. The number of primary amides is 1. The zero-order chi connectivity index (χ0) is 32.7. The van der Waals surface area contributed by atoms with Gasteiger partial charge >= 0.3 is 6.03 Å². The van der Waals surface area contributed by atoms with E-state index in [2.05, 4.69) is 5.43 Å². The minimum absolute atomic E-state index is 0.108. The Balaban J connectivity index is 1.47. The van der Waals surface area contributed by atoms with E-state index in [1.54, 1.807) is 26.0 Å². The number of hydrogen-bond acceptors (Lipinski definition) is 7.